The number of halogens is 6. The monoisotopic (exact) mass is 498 g/mol. The number of hydrogen-bond donors (Lipinski definition) is 1. The summed E-state index contributed by atoms with van der Waals surface area (Å²) in [7, 11) is 0. The molecule has 0 saturated carbocycles. The van der Waals surface area contributed by atoms with Crippen LogP contribution in [0.15, 0.2) is 59.5 Å². The molecular formula is C25H24F6N2O2. The Morgan fingerprint density at radius 1 is 1.03 bits per heavy atom. The zero-order valence-corrected chi connectivity index (χ0v) is 19.2. The number of benzene rings is 2. The molecule has 1 N–H and O–H groups in total. The fraction of sp³-hybridized carbons (Fsp3) is 0.400. The molecule has 0 fully saturated rings. The maximum absolute atomic E-state index is 13.5. The van der Waals surface area contributed by atoms with Crippen molar-refractivity contribution in [2.24, 2.45) is 0 Å². The SMILES string of the molecule is CCc1cccc(C(C)(c2cocn2)N2c3ccc(C(O)(C(F)(F)F)C(F)(F)F)cc3CC2C)c1. The third-order valence-corrected chi connectivity index (χ3v) is 6.84. The van der Waals surface area contributed by atoms with Crippen molar-refractivity contribution in [3.05, 3.63) is 83.1 Å². The zero-order valence-electron chi connectivity index (χ0n) is 19.2. The molecule has 0 bridgehead atoms. The van der Waals surface area contributed by atoms with Gasteiger partial charge in [-0.1, -0.05) is 43.3 Å². The molecule has 0 radical (unpaired) electrons. The Kier molecular flexibility index (Phi) is 5.94. The Bertz CT molecular complexity index is 1190. The van der Waals surface area contributed by atoms with Crippen LogP contribution in [0.2, 0.25) is 0 Å². The second-order valence-corrected chi connectivity index (χ2v) is 8.97. The molecule has 1 aliphatic heterocycles. The van der Waals surface area contributed by atoms with Gasteiger partial charge < -0.3 is 14.4 Å². The van der Waals surface area contributed by atoms with Gasteiger partial charge in [-0.25, -0.2) is 4.98 Å². The number of rotatable bonds is 5. The van der Waals surface area contributed by atoms with Crippen LogP contribution in [0.1, 0.15) is 48.7 Å². The van der Waals surface area contributed by atoms with E-state index in [0.29, 0.717) is 17.4 Å². The van der Waals surface area contributed by atoms with Gasteiger partial charge in [-0.05, 0) is 49.4 Å². The van der Waals surface area contributed by atoms with Gasteiger partial charge in [0.2, 0.25) is 0 Å². The molecule has 0 spiro atoms. The highest BCUT2D eigenvalue weighted by Gasteiger charge is 2.71. The fourth-order valence-electron chi connectivity index (χ4n) is 4.98. The molecule has 0 amide bonds. The third-order valence-electron chi connectivity index (χ3n) is 6.84. The van der Waals surface area contributed by atoms with Crippen LogP contribution < -0.4 is 4.90 Å². The minimum atomic E-state index is -5.95. The lowest BCUT2D eigenvalue weighted by atomic mass is 9.85. The van der Waals surface area contributed by atoms with Gasteiger partial charge in [-0.15, -0.1) is 0 Å². The summed E-state index contributed by atoms with van der Waals surface area (Å²) in [6.45, 7) is 5.73. The predicted molar refractivity (Wildman–Crippen MR) is 117 cm³/mol. The lowest BCUT2D eigenvalue weighted by Crippen LogP contribution is -2.54. The van der Waals surface area contributed by atoms with Gasteiger partial charge in [0.1, 0.15) is 17.5 Å². The molecular weight excluding hydrogens is 474 g/mol. The van der Waals surface area contributed by atoms with Crippen LogP contribution in [0, 0.1) is 0 Å². The average molecular weight is 498 g/mol. The van der Waals surface area contributed by atoms with Crippen molar-refractivity contribution in [1.82, 2.24) is 4.98 Å². The smallest absolute Gasteiger partial charge is 0.430 e. The zero-order chi connectivity index (χ0) is 25.8. The number of aryl methyl sites for hydroxylation is 1. The fourth-order valence-corrected chi connectivity index (χ4v) is 4.98. The van der Waals surface area contributed by atoms with Crippen LogP contribution in [0.25, 0.3) is 0 Å². The van der Waals surface area contributed by atoms with E-state index in [1.54, 1.807) is 0 Å². The van der Waals surface area contributed by atoms with Crippen LogP contribution in [-0.2, 0) is 24.0 Å². The van der Waals surface area contributed by atoms with E-state index in [4.69, 9.17) is 4.42 Å². The average Bonchev–Trinajstić information content (AvgIpc) is 3.44. The minimum Gasteiger partial charge on any atom is -0.451 e. The normalized spacial score (nSPS) is 18.5. The Hall–Kier alpha value is -3.01. The number of anilines is 1. The second kappa shape index (κ2) is 8.29. The van der Waals surface area contributed by atoms with E-state index in [-0.39, 0.29) is 18.0 Å². The quantitative estimate of drug-likeness (QED) is 0.422. The summed E-state index contributed by atoms with van der Waals surface area (Å²) in [5, 5.41) is 9.88. The summed E-state index contributed by atoms with van der Waals surface area (Å²) in [6, 6.07) is 10.2. The highest BCUT2D eigenvalue weighted by atomic mass is 19.4. The molecule has 0 aliphatic carbocycles. The molecule has 2 atom stereocenters. The molecule has 4 nitrogen and oxygen atoms in total. The topological polar surface area (TPSA) is 49.5 Å². The molecule has 2 unspecified atom stereocenters. The van der Waals surface area contributed by atoms with Gasteiger partial charge in [0.05, 0.1) is 0 Å². The summed E-state index contributed by atoms with van der Waals surface area (Å²) >= 11 is 0. The standard InChI is InChI=1S/C25H24F6N2O2/c1-4-16-6-5-7-18(11-16)22(3,21-13-35-14-32-21)33-15(2)10-17-12-19(8-9-20(17)33)23(34,24(26,27)28)25(29,30)31/h5-9,11-15,34H,4,10H2,1-3H3. The molecule has 0 saturated heterocycles. The summed E-state index contributed by atoms with van der Waals surface area (Å²) in [4.78, 5) is 6.28. The highest BCUT2D eigenvalue weighted by Crippen LogP contribution is 2.52. The Balaban J connectivity index is 1.89. The lowest BCUT2D eigenvalue weighted by molar-refractivity contribution is -0.376. The first-order chi connectivity index (χ1) is 16.2. The van der Waals surface area contributed by atoms with Gasteiger partial charge in [-0.2, -0.15) is 26.3 Å². The first-order valence-electron chi connectivity index (χ1n) is 11.0. The second-order valence-electron chi connectivity index (χ2n) is 8.97. The molecule has 1 aromatic heterocycles. The van der Waals surface area contributed by atoms with Crippen molar-refractivity contribution in [2.45, 2.75) is 63.1 Å². The number of nitrogens with zero attached hydrogens (tertiary/aromatic N) is 2. The van der Waals surface area contributed by atoms with Gasteiger partial charge in [0.15, 0.2) is 6.39 Å². The van der Waals surface area contributed by atoms with Crippen molar-refractivity contribution in [1.29, 1.82) is 0 Å². The summed E-state index contributed by atoms with van der Waals surface area (Å²) < 4.78 is 86.0. The van der Waals surface area contributed by atoms with E-state index >= 15 is 0 Å². The number of fused-ring (bicyclic) bond motifs is 1. The van der Waals surface area contributed by atoms with E-state index in [9.17, 15) is 31.4 Å². The molecule has 10 heteroatoms. The first kappa shape index (κ1) is 25.1. The number of aromatic nitrogens is 1. The summed E-state index contributed by atoms with van der Waals surface area (Å²) in [6.07, 6.45) is -8.20. The van der Waals surface area contributed by atoms with Crippen LogP contribution in [0.5, 0.6) is 0 Å². The van der Waals surface area contributed by atoms with Crippen LogP contribution >= 0.6 is 0 Å². The number of alkyl halides is 6. The number of hydrogen-bond acceptors (Lipinski definition) is 4. The van der Waals surface area contributed by atoms with Crippen LogP contribution in [0.3, 0.4) is 0 Å². The lowest BCUT2D eigenvalue weighted by Gasteiger charge is -2.43. The maximum atomic E-state index is 13.5. The van der Waals surface area contributed by atoms with Gasteiger partial charge in [-0.3, -0.25) is 0 Å². The minimum absolute atomic E-state index is 0.176. The summed E-state index contributed by atoms with van der Waals surface area (Å²) in [5.41, 5.74) is -4.01. The van der Waals surface area contributed by atoms with Crippen molar-refractivity contribution in [3.63, 3.8) is 0 Å². The third kappa shape index (κ3) is 3.78. The first-order valence-corrected chi connectivity index (χ1v) is 11.0. The molecule has 3 aromatic rings. The Morgan fingerprint density at radius 2 is 1.71 bits per heavy atom. The summed E-state index contributed by atoms with van der Waals surface area (Å²) in [5.74, 6) is 0. The molecule has 2 aromatic carbocycles. The van der Waals surface area contributed by atoms with E-state index in [1.807, 2.05) is 49.9 Å². The number of oxazole rings is 1. The van der Waals surface area contributed by atoms with E-state index in [0.717, 1.165) is 23.6 Å². The van der Waals surface area contributed by atoms with E-state index in [2.05, 4.69) is 4.98 Å². The van der Waals surface area contributed by atoms with Crippen LogP contribution in [-0.4, -0.2) is 28.5 Å². The van der Waals surface area contributed by atoms with Gasteiger partial charge in [0, 0.05) is 17.3 Å². The van der Waals surface area contributed by atoms with Crippen molar-refractivity contribution in [2.75, 3.05) is 4.90 Å². The van der Waals surface area contributed by atoms with Gasteiger partial charge in [0.25, 0.3) is 5.60 Å². The van der Waals surface area contributed by atoms with Crippen molar-refractivity contribution >= 4 is 5.69 Å². The molecule has 1 aliphatic rings. The van der Waals surface area contributed by atoms with Crippen molar-refractivity contribution < 1.29 is 35.9 Å². The van der Waals surface area contributed by atoms with Crippen LogP contribution in [0.4, 0.5) is 32.0 Å². The largest absolute Gasteiger partial charge is 0.451 e. The Morgan fingerprint density at radius 3 is 2.29 bits per heavy atom. The van der Waals surface area contributed by atoms with E-state index < -0.39 is 29.1 Å². The molecule has 188 valence electrons. The maximum Gasteiger partial charge on any atom is 0.430 e. The molecule has 35 heavy (non-hydrogen) atoms. The van der Waals surface area contributed by atoms with Gasteiger partial charge >= 0.3 is 12.4 Å². The predicted octanol–water partition coefficient (Wildman–Crippen LogP) is 6.26. The van der Waals surface area contributed by atoms with Crippen molar-refractivity contribution in [3.8, 4) is 0 Å². The number of aliphatic hydroxyl groups is 1. The highest BCUT2D eigenvalue weighted by molar-refractivity contribution is 5.65. The Labute approximate surface area is 198 Å². The molecule has 2 heterocycles. The molecule has 4 rings (SSSR count). The van der Waals surface area contributed by atoms with E-state index in [1.165, 1.54) is 18.7 Å².